The van der Waals surface area contributed by atoms with Crippen molar-refractivity contribution in [1.82, 2.24) is 4.57 Å². The van der Waals surface area contributed by atoms with E-state index < -0.39 is 18.2 Å². The summed E-state index contributed by atoms with van der Waals surface area (Å²) in [7, 11) is 2.14. The van der Waals surface area contributed by atoms with Crippen molar-refractivity contribution in [2.45, 2.75) is 82.3 Å². The van der Waals surface area contributed by atoms with Gasteiger partial charge in [-0.15, -0.1) is 11.8 Å². The van der Waals surface area contributed by atoms with Gasteiger partial charge in [-0.25, -0.2) is 4.79 Å². The van der Waals surface area contributed by atoms with Crippen molar-refractivity contribution in [3.8, 4) is 11.3 Å². The molecule has 1 heterocycles. The van der Waals surface area contributed by atoms with Crippen molar-refractivity contribution >= 4 is 28.6 Å². The van der Waals surface area contributed by atoms with Crippen LogP contribution in [-0.2, 0) is 23.0 Å². The second-order valence-corrected chi connectivity index (χ2v) is 11.2. The van der Waals surface area contributed by atoms with Crippen molar-refractivity contribution in [1.29, 1.82) is 0 Å². The number of rotatable bonds is 16. The lowest BCUT2D eigenvalue weighted by atomic mass is 9.99. The SMILES string of the molecule is C=CC(=O)OCCCC(O)C(O)CCCSc1ccc2cc(-c3ccc(CCCCC)cc3C)n(C)c2c1. The zero-order chi connectivity index (χ0) is 27.5. The molecule has 6 heteroatoms. The topological polar surface area (TPSA) is 71.7 Å². The van der Waals surface area contributed by atoms with E-state index in [0.717, 1.165) is 24.7 Å². The molecular weight excluding hydrogens is 494 g/mol. The zero-order valence-electron chi connectivity index (χ0n) is 23.1. The summed E-state index contributed by atoms with van der Waals surface area (Å²) in [5.74, 6) is 0.394. The molecule has 2 N–H and O–H groups in total. The molecule has 5 nitrogen and oxygen atoms in total. The maximum Gasteiger partial charge on any atom is 0.330 e. The van der Waals surface area contributed by atoms with Gasteiger partial charge in [-0.2, -0.15) is 0 Å². The van der Waals surface area contributed by atoms with E-state index in [1.54, 1.807) is 11.8 Å². The van der Waals surface area contributed by atoms with Crippen LogP contribution in [0.25, 0.3) is 22.2 Å². The number of aliphatic hydroxyl groups excluding tert-OH is 2. The molecule has 0 radical (unpaired) electrons. The molecule has 0 aliphatic rings. The maximum atomic E-state index is 11.0. The Hall–Kier alpha value is -2.54. The first-order chi connectivity index (χ1) is 18.3. The first-order valence-corrected chi connectivity index (χ1v) is 14.8. The molecule has 0 fully saturated rings. The second kappa shape index (κ2) is 15.2. The molecule has 3 aromatic rings. The number of thioether (sulfide) groups is 1. The van der Waals surface area contributed by atoms with E-state index in [9.17, 15) is 15.0 Å². The minimum Gasteiger partial charge on any atom is -0.463 e. The van der Waals surface area contributed by atoms with Crippen molar-refractivity contribution < 1.29 is 19.7 Å². The molecule has 1 aromatic heterocycles. The molecule has 38 heavy (non-hydrogen) atoms. The van der Waals surface area contributed by atoms with Crippen LogP contribution in [0.5, 0.6) is 0 Å². The summed E-state index contributed by atoms with van der Waals surface area (Å²) in [5.41, 5.74) is 6.46. The highest BCUT2D eigenvalue weighted by Crippen LogP contribution is 2.32. The van der Waals surface area contributed by atoms with Crippen LogP contribution in [0.4, 0.5) is 0 Å². The predicted octanol–water partition coefficient (Wildman–Crippen LogP) is 6.99. The van der Waals surface area contributed by atoms with E-state index in [4.69, 9.17) is 4.74 Å². The third kappa shape index (κ3) is 8.48. The molecule has 0 saturated carbocycles. The predicted molar refractivity (Wildman–Crippen MR) is 159 cm³/mol. The average Bonchev–Trinajstić information content (AvgIpc) is 3.24. The summed E-state index contributed by atoms with van der Waals surface area (Å²) in [6.07, 6.45) is 6.69. The fraction of sp³-hybridized carbons (Fsp3) is 0.469. The van der Waals surface area contributed by atoms with E-state index >= 15 is 0 Å². The number of aliphatic hydroxyl groups is 2. The molecule has 2 atom stereocenters. The van der Waals surface area contributed by atoms with Crippen LogP contribution >= 0.6 is 11.8 Å². The summed E-state index contributed by atoms with van der Waals surface area (Å²) in [6.45, 7) is 8.02. The molecule has 0 aliphatic carbocycles. The largest absolute Gasteiger partial charge is 0.463 e. The molecular formula is C32H43NO4S. The van der Waals surface area contributed by atoms with E-state index in [1.807, 2.05) is 0 Å². The van der Waals surface area contributed by atoms with Crippen LogP contribution in [0.3, 0.4) is 0 Å². The normalized spacial score (nSPS) is 13.0. The van der Waals surface area contributed by atoms with Crippen LogP contribution < -0.4 is 0 Å². The molecule has 0 spiro atoms. The van der Waals surface area contributed by atoms with E-state index in [-0.39, 0.29) is 6.61 Å². The molecule has 0 aliphatic heterocycles. The number of hydrogen-bond donors (Lipinski definition) is 2. The Kier molecular flexibility index (Phi) is 12.0. The molecule has 2 aromatic carbocycles. The van der Waals surface area contributed by atoms with Gasteiger partial charge in [-0.1, -0.05) is 50.6 Å². The van der Waals surface area contributed by atoms with Gasteiger partial charge in [0.2, 0.25) is 0 Å². The lowest BCUT2D eigenvalue weighted by Gasteiger charge is -2.17. The number of carbonyl (C=O) groups excluding carboxylic acids is 1. The lowest BCUT2D eigenvalue weighted by Crippen LogP contribution is -2.26. The fourth-order valence-corrected chi connectivity index (χ4v) is 5.70. The Morgan fingerprint density at radius 2 is 1.82 bits per heavy atom. The summed E-state index contributed by atoms with van der Waals surface area (Å²) in [4.78, 5) is 12.2. The number of aryl methyl sites for hydroxylation is 3. The third-order valence-corrected chi connectivity index (χ3v) is 8.14. The number of esters is 1. The molecule has 0 amide bonds. The average molecular weight is 538 g/mol. The van der Waals surface area contributed by atoms with Gasteiger partial charge in [0, 0.05) is 40.2 Å². The smallest absolute Gasteiger partial charge is 0.330 e. The molecule has 3 rings (SSSR count). The summed E-state index contributed by atoms with van der Waals surface area (Å²) >= 11 is 1.77. The van der Waals surface area contributed by atoms with Crippen LogP contribution in [0, 0.1) is 6.92 Å². The highest BCUT2D eigenvalue weighted by atomic mass is 32.2. The summed E-state index contributed by atoms with van der Waals surface area (Å²) < 4.78 is 7.19. The van der Waals surface area contributed by atoms with Gasteiger partial charge < -0.3 is 19.5 Å². The first kappa shape index (κ1) is 30.0. The van der Waals surface area contributed by atoms with E-state index in [2.05, 4.69) is 74.5 Å². The standard InChI is InChI=1S/C32H43NO4S/c1-5-7-8-11-24-14-17-27(23(3)20-24)29-21-25-15-16-26(22-28(25)33(29)4)38-19-10-13-31(35)30(34)12-9-18-37-32(36)6-2/h6,14-17,20-22,30-31,34-35H,2,5,7-13,18-19H2,1,3-4H3. The number of unbranched alkanes of at least 4 members (excludes halogenated alkanes) is 2. The number of carbonyl (C=O) groups is 1. The minimum absolute atomic E-state index is 0.220. The molecule has 2 unspecified atom stereocenters. The molecule has 0 bridgehead atoms. The number of fused-ring (bicyclic) bond motifs is 1. The zero-order valence-corrected chi connectivity index (χ0v) is 23.9. The van der Waals surface area contributed by atoms with Crippen LogP contribution in [0.2, 0.25) is 0 Å². The molecule has 206 valence electrons. The van der Waals surface area contributed by atoms with Crippen molar-refractivity contribution in [3.05, 3.63) is 66.2 Å². The van der Waals surface area contributed by atoms with Crippen LogP contribution in [-0.4, -0.2) is 45.3 Å². The highest BCUT2D eigenvalue weighted by Gasteiger charge is 2.16. The quantitative estimate of drug-likeness (QED) is 0.0892. The van der Waals surface area contributed by atoms with Crippen LogP contribution in [0.15, 0.2) is 60.0 Å². The Morgan fingerprint density at radius 3 is 2.53 bits per heavy atom. The number of aromatic nitrogens is 1. The van der Waals surface area contributed by atoms with Gasteiger partial charge in [-0.3, -0.25) is 0 Å². The van der Waals surface area contributed by atoms with Gasteiger partial charge in [0.15, 0.2) is 0 Å². The third-order valence-electron chi connectivity index (χ3n) is 7.06. The van der Waals surface area contributed by atoms with Gasteiger partial charge in [-0.05, 0) is 80.5 Å². The number of ether oxygens (including phenoxy) is 1. The number of nitrogens with zero attached hydrogens (tertiary/aromatic N) is 1. The van der Waals surface area contributed by atoms with Gasteiger partial charge >= 0.3 is 5.97 Å². The Balaban J connectivity index is 1.52. The Bertz CT molecular complexity index is 1200. The van der Waals surface area contributed by atoms with Gasteiger partial charge in [0.05, 0.1) is 18.8 Å². The monoisotopic (exact) mass is 537 g/mol. The second-order valence-electron chi connectivity index (χ2n) is 10.1. The fourth-order valence-electron chi connectivity index (χ4n) is 4.80. The lowest BCUT2D eigenvalue weighted by molar-refractivity contribution is -0.138. The number of benzene rings is 2. The van der Waals surface area contributed by atoms with Crippen LogP contribution in [0.1, 0.15) is 63.0 Å². The molecule has 0 saturated heterocycles. The van der Waals surface area contributed by atoms with Crippen molar-refractivity contribution in [2.75, 3.05) is 12.4 Å². The van der Waals surface area contributed by atoms with Gasteiger partial charge in [0.1, 0.15) is 0 Å². The maximum absolute atomic E-state index is 11.0. The van der Waals surface area contributed by atoms with Gasteiger partial charge in [0.25, 0.3) is 0 Å². The number of hydrogen-bond acceptors (Lipinski definition) is 5. The summed E-state index contributed by atoms with van der Waals surface area (Å²) in [5, 5.41) is 21.7. The first-order valence-electron chi connectivity index (χ1n) is 13.8. The minimum atomic E-state index is -0.811. The van der Waals surface area contributed by atoms with Crippen molar-refractivity contribution in [3.63, 3.8) is 0 Å². The Morgan fingerprint density at radius 1 is 1.05 bits per heavy atom. The van der Waals surface area contributed by atoms with Crippen molar-refractivity contribution in [2.24, 2.45) is 7.05 Å². The highest BCUT2D eigenvalue weighted by molar-refractivity contribution is 7.99. The summed E-state index contributed by atoms with van der Waals surface area (Å²) in [6, 6.07) is 15.8. The Labute approximate surface area is 231 Å². The van der Waals surface area contributed by atoms with E-state index in [0.29, 0.717) is 19.3 Å². The van der Waals surface area contributed by atoms with E-state index in [1.165, 1.54) is 57.4 Å².